The summed E-state index contributed by atoms with van der Waals surface area (Å²) in [4.78, 5) is 4.55. The third-order valence-electron chi connectivity index (χ3n) is 3.28. The van der Waals surface area contributed by atoms with Crippen LogP contribution >= 0.6 is 11.8 Å². The minimum absolute atomic E-state index is 0.317. The van der Waals surface area contributed by atoms with Crippen LogP contribution in [0.25, 0.3) is 0 Å². The maximum absolute atomic E-state index is 5.38. The number of thioether (sulfide) groups is 1. The number of piperidine rings is 1. The molecular weight excluding hydrogens is 222 g/mol. The summed E-state index contributed by atoms with van der Waals surface area (Å²) in [5.41, 5.74) is 0. The number of rotatable bonds is 2. The third-order valence-corrected chi connectivity index (χ3v) is 4.65. The summed E-state index contributed by atoms with van der Waals surface area (Å²) in [6.45, 7) is 1.08. The van der Waals surface area contributed by atoms with Crippen LogP contribution < -0.4 is 5.32 Å². The van der Waals surface area contributed by atoms with Gasteiger partial charge in [-0.05, 0) is 38.0 Å². The van der Waals surface area contributed by atoms with E-state index in [1.54, 1.807) is 0 Å². The molecule has 5 heteroatoms. The van der Waals surface area contributed by atoms with Gasteiger partial charge in [-0.1, -0.05) is 11.6 Å². The van der Waals surface area contributed by atoms with Crippen LogP contribution in [-0.2, 0) is 0 Å². The summed E-state index contributed by atoms with van der Waals surface area (Å²) in [6.07, 6.45) is 6.12. The highest BCUT2D eigenvalue weighted by molar-refractivity contribution is 7.99. The highest BCUT2D eigenvalue weighted by Crippen LogP contribution is 2.39. The molecule has 1 aromatic heterocycles. The molecule has 1 N–H and O–H groups in total. The fourth-order valence-electron chi connectivity index (χ4n) is 2.36. The van der Waals surface area contributed by atoms with E-state index in [2.05, 4.69) is 15.5 Å². The van der Waals surface area contributed by atoms with Crippen molar-refractivity contribution in [3.05, 3.63) is 11.7 Å². The molecule has 3 rings (SSSR count). The first-order chi connectivity index (χ1) is 7.93. The Kier molecular flexibility index (Phi) is 3.15. The first kappa shape index (κ1) is 10.6. The van der Waals surface area contributed by atoms with Crippen LogP contribution in [0.5, 0.6) is 0 Å². The van der Waals surface area contributed by atoms with E-state index in [0.717, 1.165) is 24.7 Å². The molecule has 1 aromatic rings. The van der Waals surface area contributed by atoms with Crippen molar-refractivity contribution in [2.75, 3.05) is 12.3 Å². The fourth-order valence-corrected chi connectivity index (χ4v) is 3.55. The molecule has 2 saturated heterocycles. The average molecular weight is 239 g/mol. The van der Waals surface area contributed by atoms with Crippen molar-refractivity contribution in [2.45, 2.75) is 43.4 Å². The maximum atomic E-state index is 5.38. The molecule has 0 saturated carbocycles. The highest BCUT2D eigenvalue weighted by Gasteiger charge is 2.26. The smallest absolute Gasteiger partial charge is 0.239 e. The Balaban J connectivity index is 1.71. The van der Waals surface area contributed by atoms with Crippen LogP contribution in [0.3, 0.4) is 0 Å². The predicted molar refractivity (Wildman–Crippen MR) is 63.3 cm³/mol. The molecule has 2 unspecified atom stereocenters. The van der Waals surface area contributed by atoms with Gasteiger partial charge in [0, 0.05) is 0 Å². The zero-order chi connectivity index (χ0) is 10.8. The minimum Gasteiger partial charge on any atom is -0.338 e. The van der Waals surface area contributed by atoms with Gasteiger partial charge in [0.25, 0.3) is 0 Å². The van der Waals surface area contributed by atoms with Gasteiger partial charge in [0.05, 0.1) is 11.3 Å². The molecule has 2 atom stereocenters. The molecule has 2 aliphatic heterocycles. The normalized spacial score (nSPS) is 30.8. The van der Waals surface area contributed by atoms with Gasteiger partial charge in [-0.2, -0.15) is 4.98 Å². The topological polar surface area (TPSA) is 51.0 Å². The SMILES string of the molecule is C1CCC(c2noc(C3CCCS3)n2)NC1. The zero-order valence-corrected chi connectivity index (χ0v) is 10.1. The lowest BCUT2D eigenvalue weighted by Gasteiger charge is -2.19. The Morgan fingerprint density at radius 2 is 2.25 bits per heavy atom. The van der Waals surface area contributed by atoms with Gasteiger partial charge in [0.15, 0.2) is 5.82 Å². The summed E-state index contributed by atoms with van der Waals surface area (Å²) in [5.74, 6) is 2.93. The molecule has 0 bridgehead atoms. The minimum atomic E-state index is 0.317. The van der Waals surface area contributed by atoms with Gasteiger partial charge < -0.3 is 9.84 Å². The number of nitrogens with one attached hydrogen (secondary N) is 1. The fraction of sp³-hybridized carbons (Fsp3) is 0.818. The second-order valence-corrected chi connectivity index (χ2v) is 5.81. The monoisotopic (exact) mass is 239 g/mol. The molecule has 0 radical (unpaired) electrons. The van der Waals surface area contributed by atoms with Crippen LogP contribution in [-0.4, -0.2) is 22.4 Å². The van der Waals surface area contributed by atoms with E-state index in [0.29, 0.717) is 11.3 Å². The van der Waals surface area contributed by atoms with Crippen molar-refractivity contribution in [3.63, 3.8) is 0 Å². The molecule has 0 aliphatic carbocycles. The Morgan fingerprint density at radius 1 is 1.25 bits per heavy atom. The molecule has 3 heterocycles. The lowest BCUT2D eigenvalue weighted by Crippen LogP contribution is -2.27. The quantitative estimate of drug-likeness (QED) is 0.859. The molecule has 0 aromatic carbocycles. The predicted octanol–water partition coefficient (Wildman–Crippen LogP) is 2.45. The largest absolute Gasteiger partial charge is 0.338 e. The number of hydrogen-bond acceptors (Lipinski definition) is 5. The van der Waals surface area contributed by atoms with E-state index in [1.165, 1.54) is 31.4 Å². The van der Waals surface area contributed by atoms with Crippen molar-refractivity contribution in [2.24, 2.45) is 0 Å². The second kappa shape index (κ2) is 4.75. The summed E-state index contributed by atoms with van der Waals surface area (Å²) in [5, 5.41) is 8.02. The van der Waals surface area contributed by atoms with E-state index >= 15 is 0 Å². The molecule has 4 nitrogen and oxygen atoms in total. The highest BCUT2D eigenvalue weighted by atomic mass is 32.2. The Bertz CT molecular complexity index is 343. The lowest BCUT2D eigenvalue weighted by atomic mass is 10.0. The lowest BCUT2D eigenvalue weighted by molar-refractivity contribution is 0.347. The molecule has 16 heavy (non-hydrogen) atoms. The average Bonchev–Trinajstić information content (AvgIpc) is 3.01. The summed E-state index contributed by atoms with van der Waals surface area (Å²) >= 11 is 1.94. The van der Waals surface area contributed by atoms with Crippen LogP contribution in [0.2, 0.25) is 0 Å². The van der Waals surface area contributed by atoms with Gasteiger partial charge in [0.2, 0.25) is 5.89 Å². The van der Waals surface area contributed by atoms with Gasteiger partial charge in [-0.3, -0.25) is 0 Å². The van der Waals surface area contributed by atoms with Gasteiger partial charge in [-0.15, -0.1) is 11.8 Å². The summed E-state index contributed by atoms with van der Waals surface area (Å²) < 4.78 is 5.38. The number of aromatic nitrogens is 2. The zero-order valence-electron chi connectivity index (χ0n) is 9.32. The third kappa shape index (κ3) is 2.11. The Labute approximate surface area is 99.6 Å². The van der Waals surface area contributed by atoms with E-state index in [1.807, 2.05) is 11.8 Å². The molecule has 2 fully saturated rings. The van der Waals surface area contributed by atoms with Crippen molar-refractivity contribution < 1.29 is 4.52 Å². The summed E-state index contributed by atoms with van der Waals surface area (Å²) in [7, 11) is 0. The van der Waals surface area contributed by atoms with E-state index in [9.17, 15) is 0 Å². The molecule has 88 valence electrons. The second-order valence-electron chi connectivity index (χ2n) is 4.49. The van der Waals surface area contributed by atoms with Crippen LogP contribution in [0, 0.1) is 0 Å². The standard InChI is InChI=1S/C11H17N3OS/c1-2-6-12-8(4-1)10-13-11(15-14-10)9-5-3-7-16-9/h8-9,12H,1-7H2. The molecule has 0 spiro atoms. The van der Waals surface area contributed by atoms with Crippen molar-refractivity contribution >= 4 is 11.8 Å². The molecule has 0 amide bonds. The van der Waals surface area contributed by atoms with E-state index < -0.39 is 0 Å². The van der Waals surface area contributed by atoms with Crippen LogP contribution in [0.1, 0.15) is 55.1 Å². The van der Waals surface area contributed by atoms with Crippen molar-refractivity contribution in [3.8, 4) is 0 Å². The Morgan fingerprint density at radius 3 is 3.00 bits per heavy atom. The molecule has 2 aliphatic rings. The van der Waals surface area contributed by atoms with Gasteiger partial charge in [-0.25, -0.2) is 0 Å². The number of nitrogens with zero attached hydrogens (tertiary/aromatic N) is 2. The van der Waals surface area contributed by atoms with Gasteiger partial charge in [0.1, 0.15) is 0 Å². The maximum Gasteiger partial charge on any atom is 0.239 e. The summed E-state index contributed by atoms with van der Waals surface area (Å²) in [6, 6.07) is 0.317. The van der Waals surface area contributed by atoms with Gasteiger partial charge >= 0.3 is 0 Å². The number of hydrogen-bond donors (Lipinski definition) is 1. The Hall–Kier alpha value is -0.550. The van der Waals surface area contributed by atoms with Crippen LogP contribution in [0.4, 0.5) is 0 Å². The van der Waals surface area contributed by atoms with E-state index in [4.69, 9.17) is 4.52 Å². The van der Waals surface area contributed by atoms with Crippen LogP contribution in [0.15, 0.2) is 4.52 Å². The van der Waals surface area contributed by atoms with Crippen molar-refractivity contribution in [1.82, 2.24) is 15.5 Å². The molecular formula is C11H17N3OS. The van der Waals surface area contributed by atoms with E-state index in [-0.39, 0.29) is 0 Å². The van der Waals surface area contributed by atoms with Crippen molar-refractivity contribution in [1.29, 1.82) is 0 Å². The first-order valence-electron chi connectivity index (χ1n) is 6.12. The first-order valence-corrected chi connectivity index (χ1v) is 7.17.